The van der Waals surface area contributed by atoms with E-state index in [0.29, 0.717) is 5.82 Å². The lowest BCUT2D eigenvalue weighted by molar-refractivity contribution is 0.495. The van der Waals surface area contributed by atoms with Gasteiger partial charge in [0.2, 0.25) is 0 Å². The highest BCUT2D eigenvalue weighted by Crippen LogP contribution is 2.29. The molecule has 0 saturated carbocycles. The molecule has 0 radical (unpaired) electrons. The smallest absolute Gasteiger partial charge is 0.187 e. The standard InChI is InChI=1S/C15H11F3N2/c1-7-5-3-4-6-9(7)15-19-13-11(17)8(2)10(16)12(18)14(13)20-15/h3-6H,1-2H3,(H,19,20). The number of fused-ring (bicyclic) bond motifs is 1. The third-order valence-electron chi connectivity index (χ3n) is 3.38. The monoisotopic (exact) mass is 276 g/mol. The van der Waals surface area contributed by atoms with E-state index >= 15 is 0 Å². The fraction of sp³-hybridized carbons (Fsp3) is 0.133. The molecular formula is C15H11F3N2. The van der Waals surface area contributed by atoms with Crippen LogP contribution in [-0.2, 0) is 0 Å². The quantitative estimate of drug-likeness (QED) is 0.661. The molecule has 5 heteroatoms. The van der Waals surface area contributed by atoms with Crippen LogP contribution < -0.4 is 0 Å². The van der Waals surface area contributed by atoms with Crippen LogP contribution in [0.1, 0.15) is 11.1 Å². The van der Waals surface area contributed by atoms with Crippen molar-refractivity contribution in [3.05, 3.63) is 52.8 Å². The topological polar surface area (TPSA) is 28.7 Å². The molecule has 102 valence electrons. The van der Waals surface area contributed by atoms with E-state index in [1.54, 1.807) is 12.1 Å². The summed E-state index contributed by atoms with van der Waals surface area (Å²) in [5.41, 5.74) is 0.851. The number of aryl methyl sites for hydroxylation is 1. The van der Waals surface area contributed by atoms with Gasteiger partial charge in [0, 0.05) is 11.1 Å². The lowest BCUT2D eigenvalue weighted by Crippen LogP contribution is -1.96. The van der Waals surface area contributed by atoms with E-state index in [-0.39, 0.29) is 16.6 Å². The van der Waals surface area contributed by atoms with E-state index in [1.165, 1.54) is 6.92 Å². The number of H-pyrrole nitrogens is 1. The van der Waals surface area contributed by atoms with Gasteiger partial charge in [-0.3, -0.25) is 0 Å². The van der Waals surface area contributed by atoms with Crippen LogP contribution in [-0.4, -0.2) is 9.97 Å². The van der Waals surface area contributed by atoms with Crippen LogP contribution in [0, 0.1) is 31.3 Å². The highest BCUT2D eigenvalue weighted by molar-refractivity contribution is 5.82. The molecular weight excluding hydrogens is 265 g/mol. The predicted molar refractivity (Wildman–Crippen MR) is 70.9 cm³/mol. The van der Waals surface area contributed by atoms with Crippen molar-refractivity contribution in [1.29, 1.82) is 0 Å². The lowest BCUT2D eigenvalue weighted by Gasteiger charge is -2.01. The Labute approximate surface area is 113 Å². The van der Waals surface area contributed by atoms with Gasteiger partial charge in [-0.2, -0.15) is 0 Å². The molecule has 3 rings (SSSR count). The van der Waals surface area contributed by atoms with E-state index in [9.17, 15) is 13.2 Å². The van der Waals surface area contributed by atoms with Gasteiger partial charge in [0.15, 0.2) is 17.5 Å². The van der Waals surface area contributed by atoms with Gasteiger partial charge in [-0.05, 0) is 19.4 Å². The Morgan fingerprint density at radius 2 is 1.65 bits per heavy atom. The second-order valence-electron chi connectivity index (χ2n) is 4.69. The molecule has 0 unspecified atom stereocenters. The second kappa shape index (κ2) is 4.37. The van der Waals surface area contributed by atoms with Gasteiger partial charge in [0.1, 0.15) is 16.9 Å². The first-order chi connectivity index (χ1) is 9.50. The van der Waals surface area contributed by atoms with Crippen molar-refractivity contribution < 1.29 is 13.2 Å². The molecule has 0 fully saturated rings. The number of aromatic amines is 1. The Morgan fingerprint density at radius 3 is 2.35 bits per heavy atom. The molecule has 0 atom stereocenters. The van der Waals surface area contributed by atoms with Gasteiger partial charge >= 0.3 is 0 Å². The summed E-state index contributed by atoms with van der Waals surface area (Å²) in [5, 5.41) is 0. The van der Waals surface area contributed by atoms with Crippen LogP contribution in [0.3, 0.4) is 0 Å². The number of benzene rings is 2. The maximum atomic E-state index is 14.0. The van der Waals surface area contributed by atoms with Gasteiger partial charge in [0.05, 0.1) is 0 Å². The number of aromatic nitrogens is 2. The number of nitrogens with one attached hydrogen (secondary N) is 1. The van der Waals surface area contributed by atoms with Gasteiger partial charge in [-0.1, -0.05) is 24.3 Å². The summed E-state index contributed by atoms with van der Waals surface area (Å²) in [6.45, 7) is 3.06. The third kappa shape index (κ3) is 1.70. The Morgan fingerprint density at radius 1 is 0.950 bits per heavy atom. The second-order valence-corrected chi connectivity index (χ2v) is 4.69. The summed E-state index contributed by atoms with van der Waals surface area (Å²) >= 11 is 0. The molecule has 0 amide bonds. The van der Waals surface area contributed by atoms with Gasteiger partial charge < -0.3 is 4.98 Å². The Bertz CT molecular complexity index is 777. The highest BCUT2D eigenvalue weighted by Gasteiger charge is 2.21. The Balaban J connectivity index is 2.35. The predicted octanol–water partition coefficient (Wildman–Crippen LogP) is 4.26. The molecule has 2 aromatic carbocycles. The van der Waals surface area contributed by atoms with Crippen LogP contribution in [0.15, 0.2) is 24.3 Å². The molecule has 0 aliphatic rings. The zero-order chi connectivity index (χ0) is 14.4. The van der Waals surface area contributed by atoms with Crippen molar-refractivity contribution in [3.8, 4) is 11.4 Å². The fourth-order valence-corrected chi connectivity index (χ4v) is 2.21. The van der Waals surface area contributed by atoms with Crippen LogP contribution in [0.2, 0.25) is 0 Å². The zero-order valence-corrected chi connectivity index (χ0v) is 10.9. The summed E-state index contributed by atoms with van der Waals surface area (Å²) in [7, 11) is 0. The first kappa shape index (κ1) is 12.7. The molecule has 0 bridgehead atoms. The SMILES string of the molecule is Cc1ccccc1-c1nc2c(F)c(F)c(C)c(F)c2[nH]1. The maximum Gasteiger partial charge on any atom is 0.187 e. The molecule has 20 heavy (non-hydrogen) atoms. The minimum Gasteiger partial charge on any atom is -0.335 e. The normalized spacial score (nSPS) is 11.2. The van der Waals surface area contributed by atoms with E-state index < -0.39 is 17.5 Å². The molecule has 3 aromatic rings. The van der Waals surface area contributed by atoms with Crippen molar-refractivity contribution in [1.82, 2.24) is 9.97 Å². The van der Waals surface area contributed by atoms with Crippen LogP contribution >= 0.6 is 0 Å². The van der Waals surface area contributed by atoms with E-state index in [0.717, 1.165) is 11.1 Å². The number of nitrogens with zero attached hydrogens (tertiary/aromatic N) is 1. The summed E-state index contributed by atoms with van der Waals surface area (Å²) in [6.07, 6.45) is 0. The first-order valence-electron chi connectivity index (χ1n) is 6.09. The summed E-state index contributed by atoms with van der Waals surface area (Å²) < 4.78 is 41.4. The van der Waals surface area contributed by atoms with E-state index in [4.69, 9.17) is 0 Å². The van der Waals surface area contributed by atoms with Gasteiger partial charge in [-0.15, -0.1) is 0 Å². The number of imidazole rings is 1. The van der Waals surface area contributed by atoms with Crippen molar-refractivity contribution in [3.63, 3.8) is 0 Å². The average Bonchev–Trinajstić information content (AvgIpc) is 2.88. The summed E-state index contributed by atoms with van der Waals surface area (Å²) in [4.78, 5) is 6.73. The zero-order valence-electron chi connectivity index (χ0n) is 10.9. The minimum absolute atomic E-state index is 0.111. The number of halogens is 3. The Hall–Kier alpha value is -2.30. The van der Waals surface area contributed by atoms with Crippen LogP contribution in [0.5, 0.6) is 0 Å². The van der Waals surface area contributed by atoms with Crippen molar-refractivity contribution in [2.24, 2.45) is 0 Å². The number of hydrogen-bond acceptors (Lipinski definition) is 1. The van der Waals surface area contributed by atoms with Gasteiger partial charge in [0.25, 0.3) is 0 Å². The van der Waals surface area contributed by atoms with Crippen molar-refractivity contribution in [2.75, 3.05) is 0 Å². The molecule has 1 aromatic heterocycles. The number of rotatable bonds is 1. The molecule has 0 spiro atoms. The molecule has 0 aliphatic carbocycles. The fourth-order valence-electron chi connectivity index (χ4n) is 2.21. The lowest BCUT2D eigenvalue weighted by atomic mass is 10.1. The largest absolute Gasteiger partial charge is 0.335 e. The summed E-state index contributed by atoms with van der Waals surface area (Å²) in [6, 6.07) is 7.30. The molecule has 1 N–H and O–H groups in total. The Kier molecular flexibility index (Phi) is 2.78. The van der Waals surface area contributed by atoms with E-state index in [2.05, 4.69) is 9.97 Å². The average molecular weight is 276 g/mol. The highest BCUT2D eigenvalue weighted by atomic mass is 19.2. The van der Waals surface area contributed by atoms with Crippen LogP contribution in [0.4, 0.5) is 13.2 Å². The molecule has 2 nitrogen and oxygen atoms in total. The van der Waals surface area contributed by atoms with Crippen molar-refractivity contribution in [2.45, 2.75) is 13.8 Å². The van der Waals surface area contributed by atoms with Gasteiger partial charge in [-0.25, -0.2) is 18.2 Å². The summed E-state index contributed by atoms with van der Waals surface area (Å²) in [5.74, 6) is -2.82. The minimum atomic E-state index is -1.20. The first-order valence-corrected chi connectivity index (χ1v) is 6.09. The third-order valence-corrected chi connectivity index (χ3v) is 3.38. The molecule has 0 aliphatic heterocycles. The van der Waals surface area contributed by atoms with Crippen LogP contribution in [0.25, 0.3) is 22.4 Å². The molecule has 0 saturated heterocycles. The van der Waals surface area contributed by atoms with E-state index in [1.807, 2.05) is 19.1 Å². The maximum absolute atomic E-state index is 14.0. The number of hydrogen-bond donors (Lipinski definition) is 1. The molecule has 1 heterocycles. The van der Waals surface area contributed by atoms with Crippen molar-refractivity contribution >= 4 is 11.0 Å².